The second kappa shape index (κ2) is 11.8. The van der Waals surface area contributed by atoms with Crippen LogP contribution in [0, 0.1) is 22.6 Å². The Kier molecular flexibility index (Phi) is 8.66. The molecule has 2 fully saturated rings. The molecule has 2 aliphatic rings. The summed E-state index contributed by atoms with van der Waals surface area (Å²) in [6.07, 6.45) is 0.847. The van der Waals surface area contributed by atoms with Crippen LogP contribution < -0.4 is 20.9 Å². The number of halogens is 2. The highest BCUT2D eigenvalue weighted by Crippen LogP contribution is 2.43. The largest absolute Gasteiger partial charge is 0.479 e. The van der Waals surface area contributed by atoms with Crippen LogP contribution in [0.2, 0.25) is 5.02 Å². The topological polar surface area (TPSA) is 124 Å². The highest BCUT2D eigenvalue weighted by molar-refractivity contribution is 6.32. The second-order valence-electron chi connectivity index (χ2n) is 11.0. The first-order chi connectivity index (χ1) is 18.9. The molecule has 9 nitrogen and oxygen atoms in total. The summed E-state index contributed by atoms with van der Waals surface area (Å²) in [5.41, 5.74) is 5.37. The van der Waals surface area contributed by atoms with Crippen LogP contribution in [0.25, 0.3) is 0 Å². The highest BCUT2D eigenvalue weighted by Gasteiger charge is 2.46. The summed E-state index contributed by atoms with van der Waals surface area (Å²) in [6.45, 7) is 7.02. The monoisotopic (exact) mass is 569 g/mol. The van der Waals surface area contributed by atoms with Crippen LogP contribution in [0.5, 0.6) is 5.75 Å². The lowest BCUT2D eigenvalue weighted by Gasteiger charge is -2.38. The van der Waals surface area contributed by atoms with Gasteiger partial charge in [-0.1, -0.05) is 23.7 Å². The van der Waals surface area contributed by atoms with Gasteiger partial charge in [-0.15, -0.1) is 0 Å². The summed E-state index contributed by atoms with van der Waals surface area (Å²) in [5.74, 6) is -1.37. The van der Waals surface area contributed by atoms with E-state index in [1.165, 1.54) is 30.3 Å². The van der Waals surface area contributed by atoms with E-state index in [4.69, 9.17) is 16.3 Å². The summed E-state index contributed by atoms with van der Waals surface area (Å²) in [4.78, 5) is 40.6. The van der Waals surface area contributed by atoms with E-state index in [1.54, 1.807) is 37.8 Å². The van der Waals surface area contributed by atoms with Crippen molar-refractivity contribution in [3.8, 4) is 11.8 Å². The SMILES string of the molecule is CC1CC(Oc2ccc(C(=O)N[C@H](C)C(=O)N3[C@H](c4cccc(F)c4)CC[C@@H]3C(C)(C)C#N)cc2Cl)C(=O)NN1. The van der Waals surface area contributed by atoms with Crippen molar-refractivity contribution in [2.45, 2.75) is 77.2 Å². The lowest BCUT2D eigenvalue weighted by Crippen LogP contribution is -2.56. The molecule has 2 heterocycles. The third kappa shape index (κ3) is 6.21. The number of nitrogens with zero attached hydrogens (tertiary/aromatic N) is 2. The van der Waals surface area contributed by atoms with E-state index in [1.807, 2.05) is 6.92 Å². The quantitative estimate of drug-likeness (QED) is 0.462. The van der Waals surface area contributed by atoms with Gasteiger partial charge in [0.15, 0.2) is 6.10 Å². The third-order valence-corrected chi connectivity index (χ3v) is 7.77. The van der Waals surface area contributed by atoms with Crippen LogP contribution in [0.1, 0.15) is 68.9 Å². The van der Waals surface area contributed by atoms with Crippen molar-refractivity contribution in [2.24, 2.45) is 5.41 Å². The molecule has 3 N–H and O–H groups in total. The molecule has 0 aliphatic carbocycles. The zero-order valence-corrected chi connectivity index (χ0v) is 23.6. The van der Waals surface area contributed by atoms with Gasteiger partial charge in [0, 0.05) is 18.0 Å². The van der Waals surface area contributed by atoms with Crippen molar-refractivity contribution >= 4 is 29.3 Å². The van der Waals surface area contributed by atoms with Crippen molar-refractivity contribution in [3.05, 3.63) is 64.4 Å². The zero-order valence-electron chi connectivity index (χ0n) is 22.8. The van der Waals surface area contributed by atoms with Crippen molar-refractivity contribution in [1.82, 2.24) is 21.1 Å². The maximum atomic E-state index is 14.0. The number of likely N-dealkylation sites (tertiary alicyclic amines) is 1. The fourth-order valence-electron chi connectivity index (χ4n) is 5.26. The molecule has 0 bridgehead atoms. The molecule has 2 unspecified atom stereocenters. The average molecular weight is 570 g/mol. The Morgan fingerprint density at radius 2 is 2.00 bits per heavy atom. The molecule has 40 heavy (non-hydrogen) atoms. The predicted molar refractivity (Wildman–Crippen MR) is 147 cm³/mol. The van der Waals surface area contributed by atoms with Crippen molar-refractivity contribution in [2.75, 3.05) is 0 Å². The molecule has 0 spiro atoms. The Labute approximate surface area is 238 Å². The Bertz CT molecular complexity index is 1350. The molecular formula is C29H33ClFN5O4. The zero-order chi connectivity index (χ0) is 29.2. The Morgan fingerprint density at radius 1 is 1.25 bits per heavy atom. The van der Waals surface area contributed by atoms with E-state index in [-0.39, 0.29) is 34.2 Å². The van der Waals surface area contributed by atoms with Crippen molar-refractivity contribution in [1.29, 1.82) is 5.26 Å². The third-order valence-electron chi connectivity index (χ3n) is 7.48. The molecule has 5 atom stereocenters. The lowest BCUT2D eigenvalue weighted by molar-refractivity contribution is -0.137. The first-order valence-corrected chi connectivity index (χ1v) is 13.6. The molecule has 11 heteroatoms. The molecule has 2 aromatic rings. The van der Waals surface area contributed by atoms with Crippen LogP contribution in [0.3, 0.4) is 0 Å². The first kappa shape index (κ1) is 29.3. The van der Waals surface area contributed by atoms with E-state index in [0.717, 1.165) is 0 Å². The summed E-state index contributed by atoms with van der Waals surface area (Å²) in [6, 6.07) is 11.0. The first-order valence-electron chi connectivity index (χ1n) is 13.2. The molecule has 212 valence electrons. The van der Waals surface area contributed by atoms with Gasteiger partial charge in [0.25, 0.3) is 11.8 Å². The lowest BCUT2D eigenvalue weighted by atomic mass is 9.84. The Balaban J connectivity index is 1.50. The second-order valence-corrected chi connectivity index (χ2v) is 11.4. The van der Waals surface area contributed by atoms with Gasteiger partial charge in [0.2, 0.25) is 5.91 Å². The molecule has 3 amide bonds. The van der Waals surface area contributed by atoms with Gasteiger partial charge in [-0.2, -0.15) is 5.26 Å². The Morgan fingerprint density at radius 3 is 2.67 bits per heavy atom. The average Bonchev–Trinajstić information content (AvgIpc) is 3.37. The van der Waals surface area contributed by atoms with Crippen LogP contribution in [-0.4, -0.2) is 46.9 Å². The number of carbonyl (C=O) groups is 3. The molecule has 2 saturated heterocycles. The molecule has 4 rings (SSSR count). The van der Waals surface area contributed by atoms with E-state index >= 15 is 0 Å². The van der Waals surface area contributed by atoms with Gasteiger partial charge in [-0.3, -0.25) is 19.8 Å². The maximum absolute atomic E-state index is 14.0. The number of rotatable bonds is 7. The number of benzene rings is 2. The standard InChI is InChI=1S/C29H33ClFN5O4/c1-16-12-24(27(38)35-34-16)40-23-10-8-19(14-21(23)30)26(37)33-17(2)28(39)36-22(18-6-5-7-20(31)13-18)9-11-25(36)29(3,4)15-32/h5-8,10,13-14,16-17,22,24-25,34H,9,11-12H2,1-4H3,(H,33,37)(H,35,38)/t16?,17-,22+,24?,25-/m1/s1. The van der Waals surface area contributed by atoms with Crippen molar-refractivity contribution < 1.29 is 23.5 Å². The number of hydrazine groups is 1. The van der Waals surface area contributed by atoms with E-state index < -0.39 is 41.4 Å². The normalized spacial score (nSPS) is 23.6. The van der Waals surface area contributed by atoms with Crippen LogP contribution >= 0.6 is 11.6 Å². The minimum atomic E-state index is -0.937. The Hall–Kier alpha value is -3.68. The molecular weight excluding hydrogens is 537 g/mol. The van der Waals surface area contributed by atoms with Crippen molar-refractivity contribution in [3.63, 3.8) is 0 Å². The summed E-state index contributed by atoms with van der Waals surface area (Å²) in [5, 5.41) is 12.7. The molecule has 0 aromatic heterocycles. The summed E-state index contributed by atoms with van der Waals surface area (Å²) >= 11 is 6.38. The fourth-order valence-corrected chi connectivity index (χ4v) is 5.49. The highest BCUT2D eigenvalue weighted by atomic mass is 35.5. The minimum Gasteiger partial charge on any atom is -0.479 e. The number of nitriles is 1. The van der Waals surface area contributed by atoms with Crippen LogP contribution in [0.15, 0.2) is 42.5 Å². The van der Waals surface area contributed by atoms with Gasteiger partial charge in [0.1, 0.15) is 17.6 Å². The maximum Gasteiger partial charge on any atom is 0.275 e. The van der Waals surface area contributed by atoms with Gasteiger partial charge in [0.05, 0.1) is 28.6 Å². The number of amides is 3. The molecule has 0 saturated carbocycles. The van der Waals surface area contributed by atoms with E-state index in [9.17, 15) is 24.0 Å². The van der Waals surface area contributed by atoms with Gasteiger partial charge >= 0.3 is 0 Å². The summed E-state index contributed by atoms with van der Waals surface area (Å²) in [7, 11) is 0. The fraction of sp³-hybridized carbons (Fsp3) is 0.448. The predicted octanol–water partition coefficient (Wildman–Crippen LogP) is 4.04. The number of nitrogens with one attached hydrogen (secondary N) is 3. The smallest absolute Gasteiger partial charge is 0.275 e. The number of ether oxygens (including phenoxy) is 1. The van der Waals surface area contributed by atoms with Gasteiger partial charge in [-0.25, -0.2) is 9.82 Å². The number of carbonyl (C=O) groups excluding carboxylic acids is 3. The number of hydrogen-bond donors (Lipinski definition) is 3. The summed E-state index contributed by atoms with van der Waals surface area (Å²) < 4.78 is 19.8. The minimum absolute atomic E-state index is 0.0139. The van der Waals surface area contributed by atoms with E-state index in [0.29, 0.717) is 24.8 Å². The van der Waals surface area contributed by atoms with Crippen LogP contribution in [0.4, 0.5) is 4.39 Å². The molecule has 2 aromatic carbocycles. The molecule has 2 aliphatic heterocycles. The number of hydrogen-bond acceptors (Lipinski definition) is 6. The van der Waals surface area contributed by atoms with E-state index in [2.05, 4.69) is 22.2 Å². The van der Waals surface area contributed by atoms with Crippen LogP contribution in [-0.2, 0) is 9.59 Å². The van der Waals surface area contributed by atoms with Gasteiger partial charge < -0.3 is 15.0 Å². The molecule has 0 radical (unpaired) electrons. The van der Waals surface area contributed by atoms with Gasteiger partial charge in [-0.05, 0) is 76.4 Å².